The summed E-state index contributed by atoms with van der Waals surface area (Å²) in [5.74, 6) is 0.897. The summed E-state index contributed by atoms with van der Waals surface area (Å²) >= 11 is 0. The number of nitrogens with zero attached hydrogens (tertiary/aromatic N) is 2. The van der Waals surface area contributed by atoms with Crippen LogP contribution in [0.5, 0.6) is 5.75 Å². The number of aliphatic hydroxyl groups is 1. The summed E-state index contributed by atoms with van der Waals surface area (Å²) in [6.07, 6.45) is -0.635. The second-order valence-corrected chi connectivity index (χ2v) is 7.83. The Balaban J connectivity index is 1.95. The molecule has 0 aliphatic heterocycles. The zero-order valence-electron chi connectivity index (χ0n) is 15.6. The lowest BCUT2D eigenvalue weighted by molar-refractivity contribution is 0.208. The summed E-state index contributed by atoms with van der Waals surface area (Å²) < 4.78 is 33.4. The molecule has 1 heterocycles. The zero-order valence-corrected chi connectivity index (χ0v) is 16.4. The van der Waals surface area contributed by atoms with Crippen LogP contribution in [0.2, 0.25) is 0 Å². The minimum absolute atomic E-state index is 0.0632. The van der Waals surface area contributed by atoms with Gasteiger partial charge in [-0.2, -0.15) is 0 Å². The topological polar surface area (TPSA) is 113 Å². The molecule has 28 heavy (non-hydrogen) atoms. The molecule has 1 atom stereocenters. The van der Waals surface area contributed by atoms with E-state index in [9.17, 15) is 13.5 Å². The maximum Gasteiger partial charge on any atom is 0.263 e. The molecule has 8 nitrogen and oxygen atoms in total. The molecule has 0 fully saturated rings. The highest BCUT2D eigenvalue weighted by atomic mass is 32.2. The van der Waals surface area contributed by atoms with E-state index in [0.29, 0.717) is 23.4 Å². The molecule has 9 heteroatoms. The number of rotatable bonds is 8. The van der Waals surface area contributed by atoms with Gasteiger partial charge in [-0.05, 0) is 50.2 Å². The average molecular weight is 402 g/mol. The third kappa shape index (κ3) is 4.68. The van der Waals surface area contributed by atoms with E-state index in [1.165, 1.54) is 12.1 Å². The number of ether oxygens (including phenoxy) is 1. The lowest BCUT2D eigenvalue weighted by Gasteiger charge is -2.14. The lowest BCUT2D eigenvalue weighted by Crippen LogP contribution is -2.20. The molecule has 3 aromatic rings. The van der Waals surface area contributed by atoms with Gasteiger partial charge < -0.3 is 15.2 Å². The maximum absolute atomic E-state index is 12.8. The first-order valence-electron chi connectivity index (χ1n) is 8.83. The molecule has 1 aromatic heterocycles. The Bertz CT molecular complexity index is 1050. The van der Waals surface area contributed by atoms with Crippen molar-refractivity contribution < 1.29 is 18.3 Å². The van der Waals surface area contributed by atoms with E-state index in [1.807, 2.05) is 13.0 Å². The molecule has 0 bridgehead atoms. The van der Waals surface area contributed by atoms with Crippen LogP contribution in [0.25, 0.3) is 11.0 Å². The highest BCUT2D eigenvalue weighted by Gasteiger charge is 2.19. The van der Waals surface area contributed by atoms with Crippen LogP contribution < -0.4 is 14.8 Å². The van der Waals surface area contributed by atoms with Gasteiger partial charge in [-0.15, -0.1) is 0 Å². The van der Waals surface area contributed by atoms with Gasteiger partial charge in [-0.1, -0.05) is 12.1 Å². The van der Waals surface area contributed by atoms with Gasteiger partial charge in [0, 0.05) is 6.54 Å². The fourth-order valence-electron chi connectivity index (χ4n) is 2.51. The van der Waals surface area contributed by atoms with E-state index >= 15 is 0 Å². The van der Waals surface area contributed by atoms with Gasteiger partial charge in [-0.3, -0.25) is 4.72 Å². The number of fused-ring (bicyclic) bond motifs is 1. The van der Waals surface area contributed by atoms with Crippen molar-refractivity contribution in [1.82, 2.24) is 9.97 Å². The number of para-hydroxylation sites is 2. The number of hydrogen-bond donors (Lipinski definition) is 3. The van der Waals surface area contributed by atoms with Gasteiger partial charge in [0.15, 0.2) is 11.6 Å². The molecule has 3 N–H and O–H groups in total. The van der Waals surface area contributed by atoms with Gasteiger partial charge in [-0.25, -0.2) is 18.4 Å². The third-order valence-electron chi connectivity index (χ3n) is 3.81. The van der Waals surface area contributed by atoms with E-state index in [4.69, 9.17) is 4.74 Å². The Kier molecular flexibility index (Phi) is 5.96. The minimum Gasteiger partial charge on any atom is -0.494 e. The van der Waals surface area contributed by atoms with E-state index < -0.39 is 16.1 Å². The van der Waals surface area contributed by atoms with Crippen molar-refractivity contribution in [3.63, 3.8) is 0 Å². The summed E-state index contributed by atoms with van der Waals surface area (Å²) in [7, 11) is -3.89. The zero-order chi connectivity index (χ0) is 20.1. The highest BCUT2D eigenvalue weighted by molar-refractivity contribution is 7.92. The standard InChI is InChI=1S/C19H22N4O4S/c1-3-27-14-8-10-15(11-9-14)28(25,26)23-19-18(20-12-13(2)24)21-16-6-4-5-7-17(16)22-19/h4-11,13,24H,3,12H2,1-2H3,(H,20,21)(H,22,23)/t13-/m1/s1. The molecule has 0 aliphatic carbocycles. The SMILES string of the molecule is CCOc1ccc(S(=O)(=O)Nc2nc3ccccc3nc2NC[C@@H](C)O)cc1. The lowest BCUT2D eigenvalue weighted by atomic mass is 10.3. The van der Waals surface area contributed by atoms with E-state index in [1.54, 1.807) is 37.3 Å². The molecule has 0 saturated heterocycles. The van der Waals surface area contributed by atoms with Crippen molar-refractivity contribution in [1.29, 1.82) is 0 Å². The molecule has 3 rings (SSSR count). The molecule has 0 aliphatic rings. The van der Waals surface area contributed by atoms with E-state index in [2.05, 4.69) is 20.0 Å². The molecular formula is C19H22N4O4S. The second-order valence-electron chi connectivity index (χ2n) is 6.15. The van der Waals surface area contributed by atoms with Crippen molar-refractivity contribution in [2.45, 2.75) is 24.8 Å². The van der Waals surface area contributed by atoms with Crippen molar-refractivity contribution in [2.24, 2.45) is 0 Å². The average Bonchev–Trinajstić information content (AvgIpc) is 2.66. The van der Waals surface area contributed by atoms with Gasteiger partial charge in [0.05, 0.1) is 28.6 Å². The van der Waals surface area contributed by atoms with Gasteiger partial charge in [0.25, 0.3) is 10.0 Å². The van der Waals surface area contributed by atoms with Crippen LogP contribution >= 0.6 is 0 Å². The third-order valence-corrected chi connectivity index (χ3v) is 5.17. The summed E-state index contributed by atoms with van der Waals surface area (Å²) in [5.41, 5.74) is 1.16. The first-order chi connectivity index (χ1) is 13.4. The Hall–Kier alpha value is -2.91. The number of sulfonamides is 1. The molecular weight excluding hydrogens is 380 g/mol. The van der Waals surface area contributed by atoms with Gasteiger partial charge in [0.2, 0.25) is 0 Å². The summed E-state index contributed by atoms with van der Waals surface area (Å²) in [6, 6.07) is 13.3. The van der Waals surface area contributed by atoms with Crippen molar-refractivity contribution in [2.75, 3.05) is 23.2 Å². The highest BCUT2D eigenvalue weighted by Crippen LogP contribution is 2.25. The molecule has 0 unspecified atom stereocenters. The fraction of sp³-hybridized carbons (Fsp3) is 0.263. The Morgan fingerprint density at radius 1 is 1.04 bits per heavy atom. The maximum atomic E-state index is 12.8. The number of nitrogens with one attached hydrogen (secondary N) is 2. The molecule has 2 aromatic carbocycles. The van der Waals surface area contributed by atoms with E-state index in [0.717, 1.165) is 0 Å². The van der Waals surface area contributed by atoms with Gasteiger partial charge in [0.1, 0.15) is 5.75 Å². The van der Waals surface area contributed by atoms with Gasteiger partial charge >= 0.3 is 0 Å². The minimum atomic E-state index is -3.89. The number of benzene rings is 2. The molecule has 148 valence electrons. The summed E-state index contributed by atoms with van der Waals surface area (Å²) in [5, 5.41) is 12.5. The smallest absolute Gasteiger partial charge is 0.263 e. The Morgan fingerprint density at radius 2 is 1.64 bits per heavy atom. The fourth-order valence-corrected chi connectivity index (χ4v) is 3.52. The van der Waals surface area contributed by atoms with Crippen LogP contribution in [-0.4, -0.2) is 42.7 Å². The van der Waals surface area contributed by atoms with Crippen LogP contribution in [0.4, 0.5) is 11.6 Å². The Labute approximate surface area is 163 Å². The van der Waals surface area contributed by atoms with Crippen LogP contribution in [0, 0.1) is 0 Å². The molecule has 0 amide bonds. The molecule has 0 radical (unpaired) electrons. The predicted molar refractivity (Wildman–Crippen MR) is 108 cm³/mol. The Morgan fingerprint density at radius 3 is 2.21 bits per heavy atom. The monoisotopic (exact) mass is 402 g/mol. The van der Waals surface area contributed by atoms with Crippen LogP contribution in [-0.2, 0) is 10.0 Å². The predicted octanol–water partition coefficient (Wildman–Crippen LogP) is 2.62. The molecule has 0 saturated carbocycles. The van der Waals surface area contributed by atoms with Crippen LogP contribution in [0.15, 0.2) is 53.4 Å². The number of anilines is 2. The molecule has 0 spiro atoms. The van der Waals surface area contributed by atoms with Crippen molar-refractivity contribution >= 4 is 32.7 Å². The van der Waals surface area contributed by atoms with Crippen LogP contribution in [0.3, 0.4) is 0 Å². The second kappa shape index (κ2) is 8.41. The first-order valence-corrected chi connectivity index (χ1v) is 10.3. The first kappa shape index (κ1) is 19.8. The van der Waals surface area contributed by atoms with Crippen LogP contribution in [0.1, 0.15) is 13.8 Å². The summed E-state index contributed by atoms with van der Waals surface area (Å²) in [4.78, 5) is 8.90. The number of hydrogen-bond acceptors (Lipinski definition) is 7. The quantitative estimate of drug-likeness (QED) is 0.531. The number of aliphatic hydroxyl groups excluding tert-OH is 1. The normalized spacial score (nSPS) is 12.5. The summed E-state index contributed by atoms with van der Waals surface area (Å²) in [6.45, 7) is 4.16. The number of aromatic nitrogens is 2. The van der Waals surface area contributed by atoms with Crippen molar-refractivity contribution in [3.05, 3.63) is 48.5 Å². The largest absolute Gasteiger partial charge is 0.494 e. The van der Waals surface area contributed by atoms with E-state index in [-0.39, 0.29) is 23.1 Å². The van der Waals surface area contributed by atoms with Crippen molar-refractivity contribution in [3.8, 4) is 5.75 Å².